The first-order valence-corrected chi connectivity index (χ1v) is 14.2. The maximum Gasteiger partial charge on any atom is 0.253 e. The number of nitrogens with two attached hydrogens (primary N) is 1. The summed E-state index contributed by atoms with van der Waals surface area (Å²) in [6.45, 7) is 0.519. The van der Waals surface area contributed by atoms with Crippen molar-refractivity contribution >= 4 is 35.2 Å². The van der Waals surface area contributed by atoms with E-state index in [0.29, 0.717) is 56.4 Å². The highest BCUT2D eigenvalue weighted by molar-refractivity contribution is 6.12. The van der Waals surface area contributed by atoms with Gasteiger partial charge in [-0.05, 0) is 55.5 Å². The van der Waals surface area contributed by atoms with Crippen LogP contribution in [0.4, 0.5) is 5.69 Å². The summed E-state index contributed by atoms with van der Waals surface area (Å²) in [5.74, 6) is -1.87. The van der Waals surface area contributed by atoms with Crippen LogP contribution in [-0.4, -0.2) is 64.7 Å². The average molecular weight is 578 g/mol. The van der Waals surface area contributed by atoms with Gasteiger partial charge in [0.05, 0.1) is 6.61 Å². The minimum Gasteiger partial charge on any atom is -0.392 e. The van der Waals surface area contributed by atoms with Crippen LogP contribution in [-0.2, 0) is 37.0 Å². The number of hydrogen-bond donors (Lipinski definition) is 5. The van der Waals surface area contributed by atoms with Gasteiger partial charge in [-0.1, -0.05) is 48.9 Å². The number of amides is 5. The molecule has 0 unspecified atom stereocenters. The second-order valence-electron chi connectivity index (χ2n) is 10.1. The molecule has 1 heterocycles. The largest absolute Gasteiger partial charge is 0.392 e. The van der Waals surface area contributed by atoms with E-state index in [9.17, 15) is 29.1 Å². The number of carbonyl (C=O) groups is 5. The predicted molar refractivity (Wildman–Crippen MR) is 158 cm³/mol. The van der Waals surface area contributed by atoms with Crippen LogP contribution in [0, 0.1) is 0 Å². The molecule has 42 heavy (non-hydrogen) atoms. The molecular weight excluding hydrogens is 538 g/mol. The van der Waals surface area contributed by atoms with Crippen LogP contribution in [0.3, 0.4) is 0 Å². The zero-order valence-corrected chi connectivity index (χ0v) is 23.6. The maximum absolute atomic E-state index is 13.4. The topological polar surface area (TPSA) is 171 Å². The molecule has 1 aliphatic rings. The Morgan fingerprint density at radius 1 is 0.786 bits per heavy atom. The van der Waals surface area contributed by atoms with Crippen LogP contribution in [0.5, 0.6) is 0 Å². The number of rotatable bonds is 17. The second-order valence-corrected chi connectivity index (χ2v) is 10.1. The number of nitrogens with one attached hydrogen (secondary N) is 3. The van der Waals surface area contributed by atoms with Crippen molar-refractivity contribution in [3.63, 3.8) is 0 Å². The summed E-state index contributed by atoms with van der Waals surface area (Å²) in [5, 5.41) is 17.6. The fourth-order valence-electron chi connectivity index (χ4n) is 4.50. The molecule has 1 aliphatic heterocycles. The number of aliphatic hydroxyl groups is 1. The third-order valence-electron chi connectivity index (χ3n) is 6.85. The third-order valence-corrected chi connectivity index (χ3v) is 6.85. The highest BCUT2D eigenvalue weighted by Gasteiger charge is 2.27. The van der Waals surface area contributed by atoms with Crippen molar-refractivity contribution in [3.8, 4) is 0 Å². The van der Waals surface area contributed by atoms with E-state index in [1.807, 2.05) is 30.3 Å². The molecule has 0 bridgehead atoms. The SMILES string of the molecule is NCCC[C@H](NC(=O)[C@H](Cc1ccccc1)NC(=O)CCCCCN1C(=O)C=CC1=O)C(=O)Nc1ccc(CO)cc1. The Morgan fingerprint density at radius 3 is 2.12 bits per heavy atom. The molecule has 0 fully saturated rings. The monoisotopic (exact) mass is 577 g/mol. The van der Waals surface area contributed by atoms with Crippen LogP contribution >= 0.6 is 0 Å². The number of unbranched alkanes of at least 4 members (excludes halogenated alkanes) is 2. The quantitative estimate of drug-likeness (QED) is 0.140. The van der Waals surface area contributed by atoms with Crippen molar-refractivity contribution in [2.45, 2.75) is 63.6 Å². The van der Waals surface area contributed by atoms with Crippen molar-refractivity contribution in [3.05, 3.63) is 77.9 Å². The van der Waals surface area contributed by atoms with E-state index in [0.717, 1.165) is 5.56 Å². The van der Waals surface area contributed by atoms with Gasteiger partial charge in [-0.3, -0.25) is 28.9 Å². The number of hydrogen-bond acceptors (Lipinski definition) is 7. The molecule has 6 N–H and O–H groups in total. The Kier molecular flexibility index (Phi) is 12.9. The molecule has 11 nitrogen and oxygen atoms in total. The summed E-state index contributed by atoms with van der Waals surface area (Å²) in [6, 6.07) is 14.2. The zero-order valence-electron chi connectivity index (χ0n) is 23.6. The molecule has 0 saturated heterocycles. The first-order valence-electron chi connectivity index (χ1n) is 14.2. The van der Waals surface area contributed by atoms with Gasteiger partial charge in [0.25, 0.3) is 11.8 Å². The highest BCUT2D eigenvalue weighted by Crippen LogP contribution is 2.12. The van der Waals surface area contributed by atoms with Gasteiger partial charge in [-0.2, -0.15) is 0 Å². The number of imide groups is 1. The van der Waals surface area contributed by atoms with Crippen LogP contribution in [0.15, 0.2) is 66.7 Å². The summed E-state index contributed by atoms with van der Waals surface area (Å²) < 4.78 is 0. The lowest BCUT2D eigenvalue weighted by molar-refractivity contribution is -0.137. The first-order chi connectivity index (χ1) is 20.3. The molecule has 224 valence electrons. The first kappa shape index (κ1) is 32.2. The van der Waals surface area contributed by atoms with E-state index >= 15 is 0 Å². The summed E-state index contributed by atoms with van der Waals surface area (Å²) >= 11 is 0. The Morgan fingerprint density at radius 2 is 1.48 bits per heavy atom. The number of aliphatic hydroxyl groups excluding tert-OH is 1. The Hall–Kier alpha value is -4.35. The summed E-state index contributed by atoms with van der Waals surface area (Å²) in [5.41, 5.74) is 7.74. The van der Waals surface area contributed by atoms with Crippen molar-refractivity contribution in [2.75, 3.05) is 18.4 Å². The van der Waals surface area contributed by atoms with E-state index in [-0.39, 0.29) is 37.2 Å². The standard InChI is InChI=1S/C31H39N5O6/c32-18-7-10-25(30(41)33-24-14-12-23(21-37)13-15-24)35-31(42)26(20-22-8-3-1-4-9-22)34-27(38)11-5-2-6-19-36-28(39)16-17-29(36)40/h1,3-4,8-9,12-17,25-26,37H,2,5-7,10-11,18-21,32H2,(H,33,41)(H,34,38)(H,35,42)/t25-,26-/m0/s1. The summed E-state index contributed by atoms with van der Waals surface area (Å²) in [6.07, 6.45) is 5.42. The maximum atomic E-state index is 13.4. The van der Waals surface area contributed by atoms with Crippen LogP contribution in [0.1, 0.15) is 49.7 Å². The van der Waals surface area contributed by atoms with Crippen LogP contribution in [0.2, 0.25) is 0 Å². The van der Waals surface area contributed by atoms with E-state index < -0.39 is 23.9 Å². The lowest BCUT2D eigenvalue weighted by Crippen LogP contribution is -2.53. The Labute approximate surface area is 245 Å². The van der Waals surface area contributed by atoms with Gasteiger partial charge in [-0.15, -0.1) is 0 Å². The Balaban J connectivity index is 1.59. The molecule has 2 aromatic carbocycles. The van der Waals surface area contributed by atoms with Gasteiger partial charge in [0, 0.05) is 37.2 Å². The van der Waals surface area contributed by atoms with Gasteiger partial charge >= 0.3 is 0 Å². The van der Waals surface area contributed by atoms with Gasteiger partial charge < -0.3 is 26.8 Å². The van der Waals surface area contributed by atoms with E-state index in [1.165, 1.54) is 17.1 Å². The number of carbonyl (C=O) groups excluding carboxylic acids is 5. The molecule has 0 saturated carbocycles. The smallest absolute Gasteiger partial charge is 0.253 e. The zero-order chi connectivity index (χ0) is 30.3. The lowest BCUT2D eigenvalue weighted by atomic mass is 10.0. The van der Waals surface area contributed by atoms with Gasteiger partial charge in [0.15, 0.2) is 0 Å². The average Bonchev–Trinajstić information content (AvgIpc) is 3.31. The number of nitrogens with zero attached hydrogens (tertiary/aromatic N) is 1. The van der Waals surface area contributed by atoms with Gasteiger partial charge in [0.2, 0.25) is 17.7 Å². The molecule has 0 radical (unpaired) electrons. The molecule has 0 spiro atoms. The molecule has 11 heteroatoms. The van der Waals surface area contributed by atoms with E-state index in [4.69, 9.17) is 5.73 Å². The van der Waals surface area contributed by atoms with Crippen LogP contribution < -0.4 is 21.7 Å². The van der Waals surface area contributed by atoms with Crippen LogP contribution in [0.25, 0.3) is 0 Å². The predicted octanol–water partition coefficient (Wildman–Crippen LogP) is 1.55. The van der Waals surface area contributed by atoms with Crippen molar-refractivity contribution in [1.82, 2.24) is 15.5 Å². The van der Waals surface area contributed by atoms with Crippen molar-refractivity contribution in [1.29, 1.82) is 0 Å². The lowest BCUT2D eigenvalue weighted by Gasteiger charge is -2.23. The molecule has 0 aromatic heterocycles. The van der Waals surface area contributed by atoms with Crippen molar-refractivity contribution in [2.24, 2.45) is 5.73 Å². The summed E-state index contributed by atoms with van der Waals surface area (Å²) in [4.78, 5) is 63.9. The third kappa shape index (κ3) is 10.2. The summed E-state index contributed by atoms with van der Waals surface area (Å²) in [7, 11) is 0. The minimum absolute atomic E-state index is 0.115. The fraction of sp³-hybridized carbons (Fsp3) is 0.387. The molecule has 5 amide bonds. The normalized spacial score (nSPS) is 14.0. The van der Waals surface area contributed by atoms with Crippen molar-refractivity contribution < 1.29 is 29.1 Å². The highest BCUT2D eigenvalue weighted by atomic mass is 16.3. The van der Waals surface area contributed by atoms with Gasteiger partial charge in [0.1, 0.15) is 12.1 Å². The van der Waals surface area contributed by atoms with Gasteiger partial charge in [-0.25, -0.2) is 0 Å². The molecule has 3 rings (SSSR count). The second kappa shape index (κ2) is 16.8. The number of anilines is 1. The molecule has 2 aromatic rings. The number of benzene rings is 2. The molecule has 0 aliphatic carbocycles. The van der Waals surface area contributed by atoms with E-state index in [1.54, 1.807) is 24.3 Å². The van der Waals surface area contributed by atoms with E-state index in [2.05, 4.69) is 16.0 Å². The fourth-order valence-corrected chi connectivity index (χ4v) is 4.50. The molecular formula is C31H39N5O6. The minimum atomic E-state index is -0.914. The Bertz CT molecular complexity index is 1230. The molecule has 2 atom stereocenters.